The molecule has 1 amide bonds. The van der Waals surface area contributed by atoms with E-state index in [2.05, 4.69) is 16.4 Å². The first kappa shape index (κ1) is 16.3. The summed E-state index contributed by atoms with van der Waals surface area (Å²) in [7, 11) is 0. The van der Waals surface area contributed by atoms with Gasteiger partial charge in [-0.2, -0.15) is 0 Å². The number of pyridine rings is 1. The minimum absolute atomic E-state index is 0.0968. The van der Waals surface area contributed by atoms with Crippen molar-refractivity contribution in [3.8, 4) is 0 Å². The molecule has 0 bridgehead atoms. The Morgan fingerprint density at radius 3 is 2.38 bits per heavy atom. The summed E-state index contributed by atoms with van der Waals surface area (Å²) in [5, 5.41) is 3.29. The van der Waals surface area contributed by atoms with Crippen LogP contribution in [0, 0.1) is 0 Å². The van der Waals surface area contributed by atoms with Gasteiger partial charge >= 0.3 is 0 Å². The lowest BCUT2D eigenvalue weighted by atomic mass is 10.1. The van der Waals surface area contributed by atoms with Crippen LogP contribution >= 0.6 is 0 Å². The average Bonchev–Trinajstić information content (AvgIpc) is 3.19. The van der Waals surface area contributed by atoms with Gasteiger partial charge in [0.05, 0.1) is 6.04 Å². The Hall–Kier alpha value is -3.14. The first-order valence-electron chi connectivity index (χ1n) is 8.95. The molecule has 1 aliphatic heterocycles. The molecule has 130 valence electrons. The molecule has 0 aliphatic carbocycles. The third kappa shape index (κ3) is 3.45. The summed E-state index contributed by atoms with van der Waals surface area (Å²) in [6, 6.07) is 23.6. The van der Waals surface area contributed by atoms with Crippen LogP contribution in [0.25, 0.3) is 0 Å². The van der Waals surface area contributed by atoms with Gasteiger partial charge in [-0.05, 0) is 48.7 Å². The van der Waals surface area contributed by atoms with Gasteiger partial charge in [-0.25, -0.2) is 4.98 Å². The van der Waals surface area contributed by atoms with Crippen LogP contribution in [-0.4, -0.2) is 22.3 Å². The van der Waals surface area contributed by atoms with Crippen LogP contribution in [0.5, 0.6) is 0 Å². The van der Waals surface area contributed by atoms with Gasteiger partial charge < -0.3 is 10.2 Å². The molecule has 0 radical (unpaired) electrons. The second-order valence-electron chi connectivity index (χ2n) is 6.49. The topological polar surface area (TPSA) is 45.2 Å². The number of rotatable bonds is 4. The SMILES string of the molecule is O=C(c1ccccc1)N1CCC[C@H]1c1ccc(Nc2ccccc2)nc1. The van der Waals surface area contributed by atoms with E-state index in [9.17, 15) is 4.79 Å². The van der Waals surface area contributed by atoms with Crippen molar-refractivity contribution in [2.75, 3.05) is 11.9 Å². The molecule has 1 atom stereocenters. The van der Waals surface area contributed by atoms with E-state index < -0.39 is 0 Å². The summed E-state index contributed by atoms with van der Waals surface area (Å²) < 4.78 is 0. The lowest BCUT2D eigenvalue weighted by Gasteiger charge is -2.25. The first-order valence-corrected chi connectivity index (χ1v) is 8.95. The Morgan fingerprint density at radius 1 is 0.962 bits per heavy atom. The number of para-hydroxylation sites is 1. The summed E-state index contributed by atoms with van der Waals surface area (Å²) in [6.45, 7) is 0.794. The lowest BCUT2D eigenvalue weighted by Crippen LogP contribution is -2.30. The molecule has 1 fully saturated rings. The van der Waals surface area contributed by atoms with Crippen LogP contribution < -0.4 is 5.32 Å². The second-order valence-corrected chi connectivity index (χ2v) is 6.49. The Kier molecular flexibility index (Phi) is 4.65. The maximum absolute atomic E-state index is 12.8. The summed E-state index contributed by atoms with van der Waals surface area (Å²) in [4.78, 5) is 19.3. The minimum atomic E-state index is 0.0968. The zero-order valence-electron chi connectivity index (χ0n) is 14.5. The van der Waals surface area contributed by atoms with Crippen LogP contribution in [0.2, 0.25) is 0 Å². The number of hydrogen-bond donors (Lipinski definition) is 1. The van der Waals surface area contributed by atoms with Crippen molar-refractivity contribution in [2.45, 2.75) is 18.9 Å². The highest BCUT2D eigenvalue weighted by Gasteiger charge is 2.30. The van der Waals surface area contributed by atoms with Gasteiger partial charge in [-0.15, -0.1) is 0 Å². The van der Waals surface area contributed by atoms with E-state index in [4.69, 9.17) is 0 Å². The molecule has 4 heteroatoms. The molecule has 4 nitrogen and oxygen atoms in total. The quantitative estimate of drug-likeness (QED) is 0.740. The van der Waals surface area contributed by atoms with Crippen LogP contribution in [0.3, 0.4) is 0 Å². The molecule has 1 aliphatic rings. The number of carbonyl (C=O) groups is 1. The summed E-state index contributed by atoms with van der Waals surface area (Å²) >= 11 is 0. The minimum Gasteiger partial charge on any atom is -0.340 e. The van der Waals surface area contributed by atoms with Gasteiger partial charge in [0.15, 0.2) is 0 Å². The molecular formula is C22H21N3O. The highest BCUT2D eigenvalue weighted by Crippen LogP contribution is 2.33. The molecule has 3 aromatic rings. The predicted molar refractivity (Wildman–Crippen MR) is 103 cm³/mol. The van der Waals surface area contributed by atoms with Crippen molar-refractivity contribution >= 4 is 17.4 Å². The van der Waals surface area contributed by atoms with Gasteiger partial charge in [0.1, 0.15) is 5.82 Å². The van der Waals surface area contributed by atoms with Crippen LogP contribution in [-0.2, 0) is 0 Å². The second kappa shape index (κ2) is 7.40. The highest BCUT2D eigenvalue weighted by atomic mass is 16.2. The Labute approximate surface area is 153 Å². The molecular weight excluding hydrogens is 322 g/mol. The van der Waals surface area contributed by atoms with Gasteiger partial charge in [0.25, 0.3) is 5.91 Å². The van der Waals surface area contributed by atoms with Crippen molar-refractivity contribution in [3.05, 3.63) is 90.1 Å². The molecule has 26 heavy (non-hydrogen) atoms. The summed E-state index contributed by atoms with van der Waals surface area (Å²) in [5.74, 6) is 0.901. The van der Waals surface area contributed by atoms with E-state index in [0.717, 1.165) is 42.0 Å². The molecule has 4 rings (SSSR count). The normalized spacial score (nSPS) is 16.5. The highest BCUT2D eigenvalue weighted by molar-refractivity contribution is 5.94. The zero-order chi connectivity index (χ0) is 17.8. The number of likely N-dealkylation sites (tertiary alicyclic amines) is 1. The molecule has 2 aromatic carbocycles. The van der Waals surface area contributed by atoms with Crippen molar-refractivity contribution in [1.29, 1.82) is 0 Å². The fourth-order valence-corrected chi connectivity index (χ4v) is 3.45. The molecule has 0 saturated carbocycles. The van der Waals surface area contributed by atoms with E-state index in [0.29, 0.717) is 0 Å². The molecule has 1 saturated heterocycles. The number of anilines is 2. The standard InChI is InChI=1S/C22H21N3O/c26-22(17-8-3-1-4-9-17)25-15-7-12-20(25)18-13-14-21(23-16-18)24-19-10-5-2-6-11-19/h1-6,8-11,13-14,16,20H,7,12,15H2,(H,23,24)/t20-/m0/s1. The number of aromatic nitrogens is 1. The monoisotopic (exact) mass is 343 g/mol. The van der Waals surface area contributed by atoms with E-state index >= 15 is 0 Å². The fourth-order valence-electron chi connectivity index (χ4n) is 3.45. The predicted octanol–water partition coefficient (Wildman–Crippen LogP) is 4.80. The van der Waals surface area contributed by atoms with E-state index in [1.165, 1.54) is 0 Å². The zero-order valence-corrected chi connectivity index (χ0v) is 14.5. The molecule has 2 heterocycles. The van der Waals surface area contributed by atoms with E-state index in [1.807, 2.05) is 77.8 Å². The van der Waals surface area contributed by atoms with E-state index in [-0.39, 0.29) is 11.9 Å². The molecule has 1 aromatic heterocycles. The van der Waals surface area contributed by atoms with Gasteiger partial charge in [0, 0.05) is 24.0 Å². The number of carbonyl (C=O) groups excluding carboxylic acids is 1. The van der Waals surface area contributed by atoms with Crippen LogP contribution in [0.15, 0.2) is 79.0 Å². The largest absolute Gasteiger partial charge is 0.340 e. The summed E-state index contributed by atoms with van der Waals surface area (Å²) in [5.41, 5.74) is 2.84. The number of nitrogens with one attached hydrogen (secondary N) is 1. The maximum atomic E-state index is 12.8. The Balaban J connectivity index is 1.50. The van der Waals surface area contributed by atoms with Crippen LogP contribution in [0.1, 0.15) is 34.8 Å². The van der Waals surface area contributed by atoms with Crippen molar-refractivity contribution in [3.63, 3.8) is 0 Å². The number of nitrogens with zero attached hydrogens (tertiary/aromatic N) is 2. The van der Waals surface area contributed by atoms with Crippen molar-refractivity contribution < 1.29 is 4.79 Å². The van der Waals surface area contributed by atoms with E-state index in [1.54, 1.807) is 0 Å². The third-order valence-electron chi connectivity index (χ3n) is 4.75. The summed E-state index contributed by atoms with van der Waals surface area (Å²) in [6.07, 6.45) is 3.88. The van der Waals surface area contributed by atoms with Crippen molar-refractivity contribution in [2.24, 2.45) is 0 Å². The molecule has 0 spiro atoms. The smallest absolute Gasteiger partial charge is 0.254 e. The average molecular weight is 343 g/mol. The van der Waals surface area contributed by atoms with Gasteiger partial charge in [-0.3, -0.25) is 4.79 Å². The maximum Gasteiger partial charge on any atom is 0.254 e. The number of benzene rings is 2. The lowest BCUT2D eigenvalue weighted by molar-refractivity contribution is 0.0735. The van der Waals surface area contributed by atoms with Gasteiger partial charge in [-0.1, -0.05) is 42.5 Å². The number of amides is 1. The first-order chi connectivity index (χ1) is 12.8. The van der Waals surface area contributed by atoms with Crippen molar-refractivity contribution in [1.82, 2.24) is 9.88 Å². The third-order valence-corrected chi connectivity index (χ3v) is 4.75. The molecule has 0 unspecified atom stereocenters. The fraction of sp³-hybridized carbons (Fsp3) is 0.182. The Bertz CT molecular complexity index is 863. The Morgan fingerprint density at radius 2 is 1.69 bits per heavy atom. The number of hydrogen-bond acceptors (Lipinski definition) is 3. The van der Waals surface area contributed by atoms with Gasteiger partial charge in [0.2, 0.25) is 0 Å². The molecule has 1 N–H and O–H groups in total. The van der Waals surface area contributed by atoms with Crippen LogP contribution in [0.4, 0.5) is 11.5 Å².